The third-order valence-electron chi connectivity index (χ3n) is 3.16. The van der Waals surface area contributed by atoms with Crippen LogP contribution in [0.1, 0.15) is 11.3 Å². The van der Waals surface area contributed by atoms with Crippen LogP contribution >= 0.6 is 0 Å². The Balaban J connectivity index is 2.11. The minimum absolute atomic E-state index is 0.819. The molecule has 3 aromatic rings. The van der Waals surface area contributed by atoms with Crippen LogP contribution in [0.5, 0.6) is 0 Å². The topological polar surface area (TPSA) is 41.9 Å². The van der Waals surface area contributed by atoms with E-state index in [2.05, 4.69) is 15.0 Å². The molecule has 0 amide bonds. The van der Waals surface area contributed by atoms with E-state index in [0.717, 1.165) is 28.6 Å². The maximum atomic E-state index is 4.51. The lowest BCUT2D eigenvalue weighted by molar-refractivity contribution is 1.09. The van der Waals surface area contributed by atoms with Gasteiger partial charge in [0.05, 0.1) is 11.9 Å². The molecule has 0 fully saturated rings. The fourth-order valence-corrected chi connectivity index (χ4v) is 2.05. The van der Waals surface area contributed by atoms with Crippen LogP contribution in [0.15, 0.2) is 61.1 Å². The van der Waals surface area contributed by atoms with Crippen molar-refractivity contribution in [3.05, 3.63) is 72.3 Å². The van der Waals surface area contributed by atoms with Crippen molar-refractivity contribution >= 4 is 17.3 Å². The molecule has 0 spiro atoms. The fourth-order valence-electron chi connectivity index (χ4n) is 2.05. The van der Waals surface area contributed by atoms with Gasteiger partial charge in [-0.3, -0.25) is 9.88 Å². The number of aromatic nitrogens is 3. The van der Waals surface area contributed by atoms with Gasteiger partial charge >= 0.3 is 0 Å². The standard InChI is InChI=1S/C17H16N4/c1-13-6-9-17(20-11-13)21(16-5-3-4-10-18-16)15-8-7-14(2)19-12-15/h3-12H,1-2H3. The molecule has 4 nitrogen and oxygen atoms in total. The van der Waals surface area contributed by atoms with E-state index in [1.807, 2.05) is 73.6 Å². The zero-order chi connectivity index (χ0) is 14.7. The zero-order valence-electron chi connectivity index (χ0n) is 12.1. The summed E-state index contributed by atoms with van der Waals surface area (Å²) in [6, 6.07) is 13.9. The predicted octanol–water partition coefficient (Wildman–Crippen LogP) is 3.96. The molecular formula is C17H16N4. The van der Waals surface area contributed by atoms with Gasteiger partial charge in [-0.1, -0.05) is 12.1 Å². The van der Waals surface area contributed by atoms with Crippen LogP contribution in [0.2, 0.25) is 0 Å². The molecule has 0 saturated carbocycles. The highest BCUT2D eigenvalue weighted by Crippen LogP contribution is 2.30. The molecule has 0 aliphatic carbocycles. The summed E-state index contributed by atoms with van der Waals surface area (Å²) in [4.78, 5) is 15.3. The van der Waals surface area contributed by atoms with Gasteiger partial charge in [0.25, 0.3) is 0 Å². The van der Waals surface area contributed by atoms with Crippen LogP contribution in [-0.2, 0) is 0 Å². The number of hydrogen-bond acceptors (Lipinski definition) is 4. The predicted molar refractivity (Wildman–Crippen MR) is 84.0 cm³/mol. The molecular weight excluding hydrogens is 260 g/mol. The molecule has 0 unspecified atom stereocenters. The molecule has 0 aromatic carbocycles. The van der Waals surface area contributed by atoms with Gasteiger partial charge in [0.1, 0.15) is 11.6 Å². The molecule has 0 N–H and O–H groups in total. The Kier molecular flexibility index (Phi) is 3.60. The first-order chi connectivity index (χ1) is 10.2. The summed E-state index contributed by atoms with van der Waals surface area (Å²) in [6.45, 7) is 3.99. The van der Waals surface area contributed by atoms with E-state index < -0.39 is 0 Å². The van der Waals surface area contributed by atoms with E-state index in [1.54, 1.807) is 6.20 Å². The van der Waals surface area contributed by atoms with Gasteiger partial charge in [0.15, 0.2) is 0 Å². The van der Waals surface area contributed by atoms with Gasteiger partial charge in [0, 0.05) is 18.1 Å². The molecule has 0 aliphatic heterocycles. The summed E-state index contributed by atoms with van der Waals surface area (Å²) < 4.78 is 0. The quantitative estimate of drug-likeness (QED) is 0.726. The number of pyridine rings is 3. The van der Waals surface area contributed by atoms with E-state index in [0.29, 0.717) is 0 Å². The first-order valence-corrected chi connectivity index (χ1v) is 6.80. The summed E-state index contributed by atoms with van der Waals surface area (Å²) in [7, 11) is 0. The molecule has 0 aliphatic rings. The number of anilines is 3. The number of aryl methyl sites for hydroxylation is 2. The second-order valence-corrected chi connectivity index (χ2v) is 4.87. The van der Waals surface area contributed by atoms with Gasteiger partial charge in [-0.2, -0.15) is 0 Å². The van der Waals surface area contributed by atoms with Crippen LogP contribution in [0, 0.1) is 13.8 Å². The van der Waals surface area contributed by atoms with Crippen LogP contribution in [0.3, 0.4) is 0 Å². The second kappa shape index (κ2) is 5.71. The second-order valence-electron chi connectivity index (χ2n) is 4.87. The van der Waals surface area contributed by atoms with Crippen LogP contribution in [0.4, 0.5) is 17.3 Å². The van der Waals surface area contributed by atoms with E-state index >= 15 is 0 Å². The number of hydrogen-bond donors (Lipinski definition) is 0. The summed E-state index contributed by atoms with van der Waals surface area (Å²) >= 11 is 0. The lowest BCUT2D eigenvalue weighted by atomic mass is 10.2. The molecule has 3 rings (SSSR count). The Bertz CT molecular complexity index is 661. The first kappa shape index (κ1) is 13.2. The van der Waals surface area contributed by atoms with Crippen molar-refractivity contribution in [1.82, 2.24) is 15.0 Å². The Hall–Kier alpha value is -2.75. The number of rotatable bonds is 3. The molecule has 0 saturated heterocycles. The van der Waals surface area contributed by atoms with Gasteiger partial charge in [-0.05, 0) is 49.7 Å². The number of nitrogens with zero attached hydrogens (tertiary/aromatic N) is 4. The van der Waals surface area contributed by atoms with Crippen LogP contribution in [-0.4, -0.2) is 15.0 Å². The first-order valence-electron chi connectivity index (χ1n) is 6.80. The molecule has 3 heterocycles. The largest absolute Gasteiger partial charge is 0.277 e. The SMILES string of the molecule is Cc1ccc(N(c2ccc(C)nc2)c2ccccn2)nc1. The minimum atomic E-state index is 0.819. The molecule has 0 bridgehead atoms. The Morgan fingerprint density at radius 1 is 0.762 bits per heavy atom. The summed E-state index contributed by atoms with van der Waals surface area (Å²) in [6.07, 6.45) is 5.47. The highest BCUT2D eigenvalue weighted by atomic mass is 15.2. The average Bonchev–Trinajstić information content (AvgIpc) is 2.52. The van der Waals surface area contributed by atoms with E-state index in [9.17, 15) is 0 Å². The third kappa shape index (κ3) is 2.89. The maximum absolute atomic E-state index is 4.51. The lowest BCUT2D eigenvalue weighted by Crippen LogP contribution is -2.13. The average molecular weight is 276 g/mol. The van der Waals surface area contributed by atoms with Crippen molar-refractivity contribution in [2.75, 3.05) is 4.90 Å². The van der Waals surface area contributed by atoms with E-state index in [1.165, 1.54) is 0 Å². The van der Waals surface area contributed by atoms with Crippen molar-refractivity contribution in [3.63, 3.8) is 0 Å². The summed E-state index contributed by atoms with van der Waals surface area (Å²) in [5.74, 6) is 1.64. The van der Waals surface area contributed by atoms with E-state index in [-0.39, 0.29) is 0 Å². The molecule has 0 atom stereocenters. The lowest BCUT2D eigenvalue weighted by Gasteiger charge is -2.22. The van der Waals surface area contributed by atoms with Gasteiger partial charge in [-0.15, -0.1) is 0 Å². The van der Waals surface area contributed by atoms with E-state index in [4.69, 9.17) is 0 Å². The van der Waals surface area contributed by atoms with Crippen molar-refractivity contribution in [2.24, 2.45) is 0 Å². The Morgan fingerprint density at radius 3 is 2.24 bits per heavy atom. The monoisotopic (exact) mass is 276 g/mol. The van der Waals surface area contributed by atoms with Crippen molar-refractivity contribution in [3.8, 4) is 0 Å². The normalized spacial score (nSPS) is 10.4. The molecule has 21 heavy (non-hydrogen) atoms. The minimum Gasteiger partial charge on any atom is -0.277 e. The van der Waals surface area contributed by atoms with Gasteiger partial charge in [0.2, 0.25) is 0 Å². The summed E-state index contributed by atoms with van der Waals surface area (Å²) in [5.41, 5.74) is 3.05. The highest BCUT2D eigenvalue weighted by Gasteiger charge is 2.14. The third-order valence-corrected chi connectivity index (χ3v) is 3.16. The van der Waals surface area contributed by atoms with Crippen molar-refractivity contribution < 1.29 is 0 Å². The maximum Gasteiger partial charge on any atom is 0.138 e. The zero-order valence-corrected chi connectivity index (χ0v) is 12.1. The fraction of sp³-hybridized carbons (Fsp3) is 0.118. The van der Waals surface area contributed by atoms with Crippen LogP contribution in [0.25, 0.3) is 0 Å². The van der Waals surface area contributed by atoms with Crippen molar-refractivity contribution in [1.29, 1.82) is 0 Å². The van der Waals surface area contributed by atoms with Gasteiger partial charge < -0.3 is 0 Å². The van der Waals surface area contributed by atoms with Crippen LogP contribution < -0.4 is 4.90 Å². The Morgan fingerprint density at radius 2 is 1.62 bits per heavy atom. The summed E-state index contributed by atoms with van der Waals surface area (Å²) in [5, 5.41) is 0. The molecule has 104 valence electrons. The Labute approximate surface area is 124 Å². The molecule has 0 radical (unpaired) electrons. The molecule has 3 aromatic heterocycles. The smallest absolute Gasteiger partial charge is 0.138 e. The highest BCUT2D eigenvalue weighted by molar-refractivity contribution is 5.71. The van der Waals surface area contributed by atoms with Gasteiger partial charge in [-0.25, -0.2) is 9.97 Å². The van der Waals surface area contributed by atoms with Crippen molar-refractivity contribution in [2.45, 2.75) is 13.8 Å². The molecule has 4 heteroatoms.